The van der Waals surface area contributed by atoms with Crippen LogP contribution in [0.2, 0.25) is 0 Å². The molecule has 8 atom stereocenters. The average molecular weight is 755 g/mol. The molecular formula is C33H48BrN5O10. The number of aliphatic hydroxyl groups is 2. The highest BCUT2D eigenvalue weighted by Gasteiger charge is 2.47. The van der Waals surface area contributed by atoms with Gasteiger partial charge in [0.1, 0.15) is 48.3 Å². The minimum Gasteiger partial charge on any atom is -0.507 e. The largest absolute Gasteiger partial charge is 0.507 e. The lowest BCUT2D eigenvalue weighted by Gasteiger charge is -2.43. The standard InChI is InChI=1S/C33H48BrN5O10/c1-15(2)26-30(45)35-21-9-11-25(43)39(31(21)46)28(18(6)40)32(47)38(7)22(14-19-8-10-23(41)20(34)13-19)29(44)37-27(16(3)4)33(48)49-17(5)12-24(42)36-26/h8,10,13,15-18,21-22,25-28,40-41,43H,9,11-12,14H2,1-7H3,(H,35,45)(H,36,42)(H,37,44)/t17-,18+,21-,22+,25-,26+,27+,28+/m1/s1. The number of nitrogens with zero attached hydrogens (tertiary/aromatic N) is 2. The number of rotatable bonds is 5. The van der Waals surface area contributed by atoms with Gasteiger partial charge in [0.2, 0.25) is 29.5 Å². The van der Waals surface area contributed by atoms with E-state index < -0.39 is 96.0 Å². The van der Waals surface area contributed by atoms with E-state index in [0.717, 1.165) is 9.80 Å². The summed E-state index contributed by atoms with van der Waals surface area (Å²) in [6.45, 7) is 9.51. The van der Waals surface area contributed by atoms with E-state index in [1.807, 2.05) is 0 Å². The van der Waals surface area contributed by atoms with Crippen molar-refractivity contribution in [2.24, 2.45) is 11.8 Å². The number of hydrogen-bond acceptors (Lipinski definition) is 10. The number of hydrogen-bond donors (Lipinski definition) is 6. The van der Waals surface area contributed by atoms with Crippen LogP contribution in [0.5, 0.6) is 5.75 Å². The molecule has 2 bridgehead atoms. The van der Waals surface area contributed by atoms with Crippen LogP contribution in [0.4, 0.5) is 0 Å². The van der Waals surface area contributed by atoms with Gasteiger partial charge in [-0.1, -0.05) is 33.8 Å². The Hall–Kier alpha value is -3.76. The number of halogens is 1. The Kier molecular flexibility index (Phi) is 13.6. The molecule has 1 aromatic carbocycles. The number of carbonyl (C=O) groups is 6. The van der Waals surface area contributed by atoms with Crippen LogP contribution in [0.15, 0.2) is 22.7 Å². The van der Waals surface area contributed by atoms with E-state index in [9.17, 15) is 44.1 Å². The summed E-state index contributed by atoms with van der Waals surface area (Å²) in [7, 11) is 1.30. The molecule has 3 rings (SSSR count). The summed E-state index contributed by atoms with van der Waals surface area (Å²) in [5.41, 5.74) is 0.510. The second-order valence-electron chi connectivity index (χ2n) is 13.5. The fraction of sp³-hybridized carbons (Fsp3) is 0.636. The molecule has 2 aliphatic rings. The van der Waals surface area contributed by atoms with E-state index in [0.29, 0.717) is 10.0 Å². The third-order valence-corrected chi connectivity index (χ3v) is 9.38. The average Bonchev–Trinajstić information content (AvgIpc) is 3.00. The lowest BCUT2D eigenvalue weighted by Crippen LogP contribution is -2.67. The number of fused-ring (bicyclic) bond motifs is 2. The second-order valence-corrected chi connectivity index (χ2v) is 14.3. The normalized spacial score (nSPS) is 29.0. The Bertz CT molecular complexity index is 1420. The topological polar surface area (TPSA) is 215 Å². The van der Waals surface area contributed by atoms with Crippen LogP contribution in [-0.4, -0.2) is 116 Å². The zero-order valence-electron chi connectivity index (χ0n) is 28.8. The SMILES string of the molecule is CC(C)[C@@H]1NC(=O)C[C@@H](C)OC(=O)[C@H](C(C)C)NC(=O)[C@H](Cc2ccc(O)c(Br)c2)N(C)C(=O)[C@H]([C@H](C)O)N2C(=O)[C@@H](CC[C@H]2O)NC1=O. The molecule has 0 aromatic heterocycles. The molecule has 0 unspecified atom stereocenters. The number of aromatic hydroxyl groups is 1. The maximum absolute atomic E-state index is 14.3. The monoisotopic (exact) mass is 753 g/mol. The zero-order valence-corrected chi connectivity index (χ0v) is 30.4. The molecule has 0 spiro atoms. The van der Waals surface area contributed by atoms with Crippen LogP contribution in [0.3, 0.4) is 0 Å². The van der Waals surface area contributed by atoms with Gasteiger partial charge in [0.25, 0.3) is 0 Å². The number of likely N-dealkylation sites (N-methyl/N-ethyl adjacent to an activating group) is 1. The smallest absolute Gasteiger partial charge is 0.329 e. The molecule has 272 valence electrons. The molecule has 6 N–H and O–H groups in total. The van der Waals surface area contributed by atoms with Crippen molar-refractivity contribution in [3.63, 3.8) is 0 Å². The maximum Gasteiger partial charge on any atom is 0.329 e. The van der Waals surface area contributed by atoms with E-state index in [1.54, 1.807) is 39.8 Å². The predicted octanol–water partition coefficient (Wildman–Crippen LogP) is 0.316. The van der Waals surface area contributed by atoms with Gasteiger partial charge in [0, 0.05) is 13.5 Å². The number of ether oxygens (including phenoxy) is 1. The maximum atomic E-state index is 14.3. The van der Waals surface area contributed by atoms with E-state index in [2.05, 4.69) is 31.9 Å². The molecule has 2 aliphatic heterocycles. The van der Waals surface area contributed by atoms with Gasteiger partial charge in [0.05, 0.1) is 17.0 Å². The summed E-state index contributed by atoms with van der Waals surface area (Å²) < 4.78 is 5.88. The highest BCUT2D eigenvalue weighted by molar-refractivity contribution is 9.10. The molecule has 2 saturated heterocycles. The van der Waals surface area contributed by atoms with Crippen molar-refractivity contribution in [2.75, 3.05) is 7.05 Å². The van der Waals surface area contributed by atoms with Crippen molar-refractivity contribution >= 4 is 51.4 Å². The second kappa shape index (κ2) is 16.8. The first-order valence-electron chi connectivity index (χ1n) is 16.4. The van der Waals surface area contributed by atoms with Gasteiger partial charge in [-0.25, -0.2) is 4.79 Å². The van der Waals surface area contributed by atoms with Crippen molar-refractivity contribution < 1.29 is 48.8 Å². The first-order chi connectivity index (χ1) is 22.8. The molecule has 2 heterocycles. The summed E-state index contributed by atoms with van der Waals surface area (Å²) in [5, 5.41) is 39.8. The number of amides is 5. The number of carbonyl (C=O) groups excluding carboxylic acids is 6. The molecule has 0 saturated carbocycles. The van der Waals surface area contributed by atoms with Crippen LogP contribution < -0.4 is 16.0 Å². The van der Waals surface area contributed by atoms with E-state index in [1.165, 1.54) is 27.0 Å². The Morgan fingerprint density at radius 1 is 0.918 bits per heavy atom. The number of benzene rings is 1. The Morgan fingerprint density at radius 3 is 2.12 bits per heavy atom. The minimum absolute atomic E-state index is 0.0158. The van der Waals surface area contributed by atoms with Gasteiger partial charge in [0.15, 0.2) is 0 Å². The fourth-order valence-corrected chi connectivity index (χ4v) is 6.36. The highest BCUT2D eigenvalue weighted by Crippen LogP contribution is 2.27. The molecular weight excluding hydrogens is 706 g/mol. The lowest BCUT2D eigenvalue weighted by atomic mass is 9.96. The van der Waals surface area contributed by atoms with E-state index >= 15 is 0 Å². The minimum atomic E-state index is -1.68. The first kappa shape index (κ1) is 39.7. The predicted molar refractivity (Wildman–Crippen MR) is 179 cm³/mol. The quantitative estimate of drug-likeness (QED) is 0.227. The molecule has 2 fully saturated rings. The molecule has 49 heavy (non-hydrogen) atoms. The summed E-state index contributed by atoms with van der Waals surface area (Å²) in [6.07, 6.45) is -4.44. The van der Waals surface area contributed by atoms with Crippen molar-refractivity contribution in [3.05, 3.63) is 28.2 Å². The Balaban J connectivity index is 2.14. The molecule has 1 aromatic rings. The Labute approximate surface area is 294 Å². The number of phenols is 1. The third-order valence-electron chi connectivity index (χ3n) is 8.75. The molecule has 5 amide bonds. The summed E-state index contributed by atoms with van der Waals surface area (Å²) >= 11 is 3.25. The van der Waals surface area contributed by atoms with Crippen molar-refractivity contribution in [2.45, 2.75) is 116 Å². The fourth-order valence-electron chi connectivity index (χ4n) is 5.94. The number of nitrogens with one attached hydrogen (secondary N) is 3. The number of phenolic OH excluding ortho intramolecular Hbond substituents is 1. The summed E-state index contributed by atoms with van der Waals surface area (Å²) in [5.74, 6) is -5.54. The summed E-state index contributed by atoms with van der Waals surface area (Å²) in [4.78, 5) is 83.8. The first-order valence-corrected chi connectivity index (χ1v) is 17.2. The van der Waals surface area contributed by atoms with Gasteiger partial charge in [-0.05, 0) is 72.2 Å². The molecule has 0 aliphatic carbocycles. The molecule has 16 heteroatoms. The van der Waals surface area contributed by atoms with E-state index in [4.69, 9.17) is 4.74 Å². The van der Waals surface area contributed by atoms with Crippen molar-refractivity contribution in [1.29, 1.82) is 0 Å². The zero-order chi connectivity index (χ0) is 36.9. The number of cyclic esters (lactones) is 1. The third kappa shape index (κ3) is 9.69. The van der Waals surface area contributed by atoms with Gasteiger partial charge in [-0.15, -0.1) is 0 Å². The van der Waals surface area contributed by atoms with Crippen LogP contribution in [0, 0.1) is 11.8 Å². The van der Waals surface area contributed by atoms with Crippen LogP contribution in [-0.2, 0) is 39.9 Å². The van der Waals surface area contributed by atoms with Gasteiger partial charge in [-0.3, -0.25) is 24.0 Å². The number of aliphatic hydroxyl groups excluding tert-OH is 2. The van der Waals surface area contributed by atoms with Gasteiger partial charge in [-0.2, -0.15) is 0 Å². The molecule has 0 radical (unpaired) electrons. The van der Waals surface area contributed by atoms with Gasteiger partial charge < -0.3 is 45.8 Å². The van der Waals surface area contributed by atoms with Crippen molar-refractivity contribution in [3.8, 4) is 5.75 Å². The van der Waals surface area contributed by atoms with Gasteiger partial charge >= 0.3 is 5.97 Å². The number of piperidine rings is 1. The Morgan fingerprint density at radius 2 is 1.55 bits per heavy atom. The van der Waals surface area contributed by atoms with Crippen LogP contribution in [0.1, 0.15) is 66.4 Å². The van der Waals surface area contributed by atoms with E-state index in [-0.39, 0.29) is 31.4 Å². The van der Waals surface area contributed by atoms with Crippen molar-refractivity contribution in [1.82, 2.24) is 25.8 Å². The number of esters is 1. The van der Waals surface area contributed by atoms with Crippen LogP contribution in [0.25, 0.3) is 0 Å². The highest BCUT2D eigenvalue weighted by atomic mass is 79.9. The van der Waals surface area contributed by atoms with Crippen LogP contribution >= 0.6 is 15.9 Å². The lowest BCUT2D eigenvalue weighted by molar-refractivity contribution is -0.170. The summed E-state index contributed by atoms with van der Waals surface area (Å²) in [6, 6.07) is -1.99. The molecule has 15 nitrogen and oxygen atoms in total.